The van der Waals surface area contributed by atoms with Crippen molar-refractivity contribution < 1.29 is 8.42 Å². The van der Waals surface area contributed by atoms with Gasteiger partial charge >= 0.3 is 0 Å². The van der Waals surface area contributed by atoms with E-state index in [1.165, 1.54) is 3.97 Å². The van der Waals surface area contributed by atoms with Gasteiger partial charge in [0, 0.05) is 11.9 Å². The second kappa shape index (κ2) is 5.22. The summed E-state index contributed by atoms with van der Waals surface area (Å²) in [6, 6.07) is 14.8. The van der Waals surface area contributed by atoms with E-state index in [-0.39, 0.29) is 0 Å². The first-order valence-corrected chi connectivity index (χ1v) is 9.17. The molecule has 0 fully saturated rings. The molecule has 1 aliphatic rings. The van der Waals surface area contributed by atoms with Crippen LogP contribution in [0.2, 0.25) is 0 Å². The first-order chi connectivity index (χ1) is 11.1. The molecule has 0 spiro atoms. The monoisotopic (exact) mass is 326 g/mol. The molecular formula is C18H18N2O2S. The van der Waals surface area contributed by atoms with E-state index in [4.69, 9.17) is 0 Å². The van der Waals surface area contributed by atoms with Crippen molar-refractivity contribution in [2.24, 2.45) is 0 Å². The SMILES string of the molecule is Cc1ccc(S(=O)(=O)n2c3c(c4ccccc42)CCNC3)cc1. The summed E-state index contributed by atoms with van der Waals surface area (Å²) in [5, 5.41) is 4.33. The molecule has 0 aliphatic carbocycles. The highest BCUT2D eigenvalue weighted by atomic mass is 32.2. The molecule has 0 amide bonds. The first-order valence-electron chi connectivity index (χ1n) is 7.73. The van der Waals surface area contributed by atoms with Crippen molar-refractivity contribution in [2.75, 3.05) is 6.54 Å². The van der Waals surface area contributed by atoms with Gasteiger partial charge in [0.05, 0.1) is 16.1 Å². The molecule has 0 radical (unpaired) electrons. The summed E-state index contributed by atoms with van der Waals surface area (Å²) in [4.78, 5) is 0.331. The molecule has 1 aliphatic heterocycles. The van der Waals surface area contributed by atoms with Crippen LogP contribution in [0.15, 0.2) is 53.4 Å². The Morgan fingerprint density at radius 3 is 2.57 bits per heavy atom. The molecule has 2 heterocycles. The van der Waals surface area contributed by atoms with Crippen molar-refractivity contribution in [3.05, 3.63) is 65.4 Å². The molecule has 0 saturated carbocycles. The number of benzene rings is 2. The maximum atomic E-state index is 13.2. The summed E-state index contributed by atoms with van der Waals surface area (Å²) < 4.78 is 28.0. The van der Waals surface area contributed by atoms with E-state index < -0.39 is 10.0 Å². The number of para-hydroxylation sites is 1. The van der Waals surface area contributed by atoms with Crippen molar-refractivity contribution in [3.63, 3.8) is 0 Å². The molecule has 0 saturated heterocycles. The fourth-order valence-corrected chi connectivity index (χ4v) is 4.87. The zero-order valence-electron chi connectivity index (χ0n) is 12.9. The molecule has 4 rings (SSSR count). The van der Waals surface area contributed by atoms with Gasteiger partial charge in [-0.2, -0.15) is 0 Å². The number of aryl methyl sites for hydroxylation is 1. The van der Waals surface area contributed by atoms with E-state index in [0.29, 0.717) is 11.4 Å². The minimum absolute atomic E-state index is 0.331. The van der Waals surface area contributed by atoms with Gasteiger partial charge in [-0.05, 0) is 43.7 Å². The largest absolute Gasteiger partial charge is 0.311 e. The quantitative estimate of drug-likeness (QED) is 0.788. The lowest BCUT2D eigenvalue weighted by atomic mass is 10.1. The predicted octanol–water partition coefficient (Wildman–Crippen LogP) is 2.83. The van der Waals surface area contributed by atoms with Crippen molar-refractivity contribution in [3.8, 4) is 0 Å². The van der Waals surface area contributed by atoms with E-state index in [2.05, 4.69) is 5.32 Å². The summed E-state index contributed by atoms with van der Waals surface area (Å²) in [5.74, 6) is 0. The molecule has 2 aromatic carbocycles. The van der Waals surface area contributed by atoms with E-state index in [0.717, 1.165) is 40.7 Å². The van der Waals surface area contributed by atoms with Gasteiger partial charge in [-0.3, -0.25) is 0 Å². The number of hydrogen-bond acceptors (Lipinski definition) is 3. The predicted molar refractivity (Wildman–Crippen MR) is 91.1 cm³/mol. The standard InChI is InChI=1S/C18H18N2O2S/c1-13-6-8-14(9-7-13)23(21,22)20-17-5-3-2-4-15(17)16-10-11-19-12-18(16)20/h2-9,19H,10-12H2,1H3. The summed E-state index contributed by atoms with van der Waals surface area (Å²) in [7, 11) is -3.60. The number of nitrogens with one attached hydrogen (secondary N) is 1. The fourth-order valence-electron chi connectivity index (χ4n) is 3.30. The lowest BCUT2D eigenvalue weighted by Crippen LogP contribution is -2.27. The average Bonchev–Trinajstić information content (AvgIpc) is 2.90. The Bertz CT molecular complexity index is 986. The van der Waals surface area contributed by atoms with Gasteiger partial charge in [0.15, 0.2) is 0 Å². The second-order valence-corrected chi connectivity index (χ2v) is 7.74. The van der Waals surface area contributed by atoms with Crippen LogP contribution in [-0.4, -0.2) is 18.9 Å². The maximum absolute atomic E-state index is 13.2. The number of hydrogen-bond donors (Lipinski definition) is 1. The highest BCUT2D eigenvalue weighted by molar-refractivity contribution is 7.90. The average molecular weight is 326 g/mol. The smallest absolute Gasteiger partial charge is 0.268 e. The summed E-state index contributed by atoms with van der Waals surface area (Å²) in [6.07, 6.45) is 0.853. The summed E-state index contributed by atoms with van der Waals surface area (Å²) in [5.41, 5.74) is 3.82. The maximum Gasteiger partial charge on any atom is 0.268 e. The Balaban J connectivity index is 2.03. The Labute approximate surface area is 135 Å². The molecule has 0 bridgehead atoms. The van der Waals surface area contributed by atoms with E-state index in [1.54, 1.807) is 12.1 Å². The molecule has 5 heteroatoms. The number of nitrogens with zero attached hydrogens (tertiary/aromatic N) is 1. The molecule has 4 nitrogen and oxygen atoms in total. The number of rotatable bonds is 2. The van der Waals surface area contributed by atoms with Crippen LogP contribution in [0.4, 0.5) is 0 Å². The molecule has 1 N–H and O–H groups in total. The van der Waals surface area contributed by atoms with Gasteiger partial charge in [0.1, 0.15) is 0 Å². The molecule has 118 valence electrons. The zero-order valence-corrected chi connectivity index (χ0v) is 13.7. The minimum atomic E-state index is -3.60. The van der Waals surface area contributed by atoms with Crippen LogP contribution in [0.5, 0.6) is 0 Å². The lowest BCUT2D eigenvalue weighted by Gasteiger charge is -2.17. The molecule has 23 heavy (non-hydrogen) atoms. The van der Waals surface area contributed by atoms with E-state index >= 15 is 0 Å². The Hall–Kier alpha value is -2.11. The van der Waals surface area contributed by atoms with Crippen molar-refractivity contribution in [1.29, 1.82) is 0 Å². The Kier molecular flexibility index (Phi) is 3.28. The Morgan fingerprint density at radius 1 is 1.04 bits per heavy atom. The molecular weight excluding hydrogens is 308 g/mol. The third-order valence-corrected chi connectivity index (χ3v) is 6.21. The van der Waals surface area contributed by atoms with Crippen LogP contribution in [-0.2, 0) is 23.0 Å². The van der Waals surface area contributed by atoms with Gasteiger partial charge in [-0.1, -0.05) is 35.9 Å². The lowest BCUT2D eigenvalue weighted by molar-refractivity contribution is 0.578. The van der Waals surface area contributed by atoms with Crippen LogP contribution < -0.4 is 5.32 Å². The molecule has 0 unspecified atom stereocenters. The summed E-state index contributed by atoms with van der Waals surface area (Å²) >= 11 is 0. The van der Waals surface area contributed by atoms with Gasteiger partial charge in [-0.25, -0.2) is 12.4 Å². The fraction of sp³-hybridized carbons (Fsp3) is 0.222. The number of aromatic nitrogens is 1. The van der Waals surface area contributed by atoms with Gasteiger partial charge in [0.2, 0.25) is 0 Å². The Morgan fingerprint density at radius 2 is 1.78 bits per heavy atom. The number of fused-ring (bicyclic) bond motifs is 3. The van der Waals surface area contributed by atoms with Crippen LogP contribution in [0.3, 0.4) is 0 Å². The normalized spacial score (nSPS) is 14.8. The van der Waals surface area contributed by atoms with Gasteiger partial charge < -0.3 is 5.32 Å². The van der Waals surface area contributed by atoms with Gasteiger partial charge in [0.25, 0.3) is 10.0 Å². The highest BCUT2D eigenvalue weighted by Crippen LogP contribution is 2.32. The highest BCUT2D eigenvalue weighted by Gasteiger charge is 2.27. The third-order valence-electron chi connectivity index (χ3n) is 4.44. The summed E-state index contributed by atoms with van der Waals surface area (Å²) in [6.45, 7) is 3.41. The minimum Gasteiger partial charge on any atom is -0.311 e. The van der Waals surface area contributed by atoms with Gasteiger partial charge in [-0.15, -0.1) is 0 Å². The molecule has 0 atom stereocenters. The molecule has 3 aromatic rings. The van der Waals surface area contributed by atoms with Crippen LogP contribution in [0.1, 0.15) is 16.8 Å². The third kappa shape index (κ3) is 2.19. The second-order valence-electron chi connectivity index (χ2n) is 5.95. The van der Waals surface area contributed by atoms with Crippen molar-refractivity contribution >= 4 is 20.9 Å². The topological polar surface area (TPSA) is 51.1 Å². The van der Waals surface area contributed by atoms with Crippen molar-refractivity contribution in [2.45, 2.75) is 24.8 Å². The first kappa shape index (κ1) is 14.5. The van der Waals surface area contributed by atoms with Crippen LogP contribution in [0, 0.1) is 6.92 Å². The van der Waals surface area contributed by atoms with Crippen molar-refractivity contribution in [1.82, 2.24) is 9.29 Å². The molecule has 1 aromatic heterocycles. The zero-order chi connectivity index (χ0) is 16.0. The van der Waals surface area contributed by atoms with E-state index in [9.17, 15) is 8.42 Å². The van der Waals surface area contributed by atoms with E-state index in [1.807, 2.05) is 43.3 Å². The van der Waals surface area contributed by atoms with Crippen LogP contribution in [0.25, 0.3) is 10.9 Å². The van der Waals surface area contributed by atoms with Crippen LogP contribution >= 0.6 is 0 Å².